The number of nitrogens with zero attached hydrogens (tertiary/aromatic N) is 2. The van der Waals surface area contributed by atoms with Crippen LogP contribution in [0.1, 0.15) is 24.8 Å². The summed E-state index contributed by atoms with van der Waals surface area (Å²) in [5, 5.41) is 13.6. The summed E-state index contributed by atoms with van der Waals surface area (Å²) in [5.41, 5.74) is 0.855. The average molecular weight is 367 g/mol. The Morgan fingerprint density at radius 2 is 2.21 bits per heavy atom. The number of carbonyl (C=O) groups is 2. The molecule has 7 nitrogen and oxygen atoms in total. The van der Waals surface area contributed by atoms with Gasteiger partial charge in [-0.1, -0.05) is 30.0 Å². The zero-order chi connectivity index (χ0) is 17.7. The van der Waals surface area contributed by atoms with Crippen LogP contribution in [-0.2, 0) is 9.59 Å². The third kappa shape index (κ3) is 4.51. The van der Waals surface area contributed by atoms with Gasteiger partial charge in [0.25, 0.3) is 5.69 Å². The quantitative estimate of drug-likeness (QED) is 0.345. The maximum absolute atomic E-state index is 12.0. The molecule has 1 aliphatic rings. The molecule has 2 rings (SSSR count). The van der Waals surface area contributed by atoms with Crippen LogP contribution in [0.25, 0.3) is 0 Å². The minimum atomic E-state index is -0.473. The van der Waals surface area contributed by atoms with Crippen molar-refractivity contribution in [3.63, 3.8) is 0 Å². The van der Waals surface area contributed by atoms with Crippen molar-refractivity contribution in [1.82, 2.24) is 4.90 Å². The lowest BCUT2D eigenvalue weighted by molar-refractivity contribution is -0.385. The normalized spacial score (nSPS) is 14.1. The molecule has 0 unspecified atom stereocenters. The molecule has 128 valence electrons. The molecule has 1 aliphatic heterocycles. The molecule has 0 spiro atoms. The van der Waals surface area contributed by atoms with E-state index in [2.05, 4.69) is 5.32 Å². The first-order valence-electron chi connectivity index (χ1n) is 7.41. The molecule has 1 aromatic rings. The highest BCUT2D eigenvalue weighted by Gasteiger charge is 2.25. The number of thiocarbonyl (C=S) groups is 1. The zero-order valence-electron chi connectivity index (χ0n) is 13.1. The van der Waals surface area contributed by atoms with Gasteiger partial charge >= 0.3 is 0 Å². The van der Waals surface area contributed by atoms with E-state index in [9.17, 15) is 19.7 Å². The summed E-state index contributed by atoms with van der Waals surface area (Å²) in [5.74, 6) is 0.204. The Labute approximate surface area is 148 Å². The molecular formula is C15H17N3O4S2. The summed E-state index contributed by atoms with van der Waals surface area (Å²) >= 11 is 6.45. The first-order valence-corrected chi connectivity index (χ1v) is 8.80. The minimum absolute atomic E-state index is 0.0154. The molecule has 1 aromatic carbocycles. The number of nitro groups is 1. The molecular weight excluding hydrogens is 350 g/mol. The Balaban J connectivity index is 1.80. The summed E-state index contributed by atoms with van der Waals surface area (Å²) in [6, 6.07) is 4.58. The van der Waals surface area contributed by atoms with Gasteiger partial charge in [-0.25, -0.2) is 0 Å². The van der Waals surface area contributed by atoms with Gasteiger partial charge in [0, 0.05) is 19.0 Å². The van der Waals surface area contributed by atoms with E-state index >= 15 is 0 Å². The summed E-state index contributed by atoms with van der Waals surface area (Å²) in [4.78, 5) is 35.5. The van der Waals surface area contributed by atoms with Crippen molar-refractivity contribution in [3.05, 3.63) is 33.9 Å². The Morgan fingerprint density at radius 3 is 2.83 bits per heavy atom. The fourth-order valence-corrected chi connectivity index (χ4v) is 3.44. The topological polar surface area (TPSA) is 92.6 Å². The van der Waals surface area contributed by atoms with Gasteiger partial charge in [-0.3, -0.25) is 24.6 Å². The highest BCUT2D eigenvalue weighted by molar-refractivity contribution is 8.23. The maximum atomic E-state index is 12.0. The van der Waals surface area contributed by atoms with Gasteiger partial charge in [0.2, 0.25) is 11.8 Å². The van der Waals surface area contributed by atoms with E-state index < -0.39 is 4.92 Å². The standard InChI is InChI=1S/C15H17N3O4S2/c1-10-11(5-4-6-12(10)18(21)22)16-13(19)7-2-3-8-17-14(20)9-24-15(17)23/h4-6H,2-3,7-9H2,1H3,(H,16,19). The lowest BCUT2D eigenvalue weighted by atomic mass is 10.1. The average Bonchev–Trinajstić information content (AvgIpc) is 2.84. The molecule has 1 fully saturated rings. The van der Waals surface area contributed by atoms with Gasteiger partial charge in [-0.05, 0) is 25.8 Å². The smallest absolute Gasteiger partial charge is 0.274 e. The van der Waals surface area contributed by atoms with Crippen LogP contribution < -0.4 is 5.32 Å². The minimum Gasteiger partial charge on any atom is -0.326 e. The third-order valence-corrected chi connectivity index (χ3v) is 5.08. The van der Waals surface area contributed by atoms with E-state index in [1.54, 1.807) is 24.0 Å². The molecule has 24 heavy (non-hydrogen) atoms. The summed E-state index contributed by atoms with van der Waals surface area (Å²) in [6.45, 7) is 2.12. The highest BCUT2D eigenvalue weighted by Crippen LogP contribution is 2.25. The Morgan fingerprint density at radius 1 is 1.46 bits per heavy atom. The number of unbranched alkanes of at least 4 members (excludes halogenated alkanes) is 1. The largest absolute Gasteiger partial charge is 0.326 e. The van der Waals surface area contributed by atoms with E-state index in [1.165, 1.54) is 17.8 Å². The van der Waals surface area contributed by atoms with Crippen LogP contribution in [0.4, 0.5) is 11.4 Å². The molecule has 2 amide bonds. The van der Waals surface area contributed by atoms with Crippen LogP contribution in [0, 0.1) is 17.0 Å². The number of amides is 2. The predicted octanol–water partition coefficient (Wildman–Crippen LogP) is 2.87. The zero-order valence-corrected chi connectivity index (χ0v) is 14.7. The number of nitrogens with one attached hydrogen (secondary N) is 1. The molecule has 9 heteroatoms. The van der Waals surface area contributed by atoms with Gasteiger partial charge in [-0.2, -0.15) is 0 Å². The number of benzene rings is 1. The molecule has 0 atom stereocenters. The predicted molar refractivity (Wildman–Crippen MR) is 97.1 cm³/mol. The number of thioether (sulfide) groups is 1. The van der Waals surface area contributed by atoms with Crippen LogP contribution >= 0.6 is 24.0 Å². The molecule has 0 saturated carbocycles. The van der Waals surface area contributed by atoms with Gasteiger partial charge in [0.1, 0.15) is 4.32 Å². The van der Waals surface area contributed by atoms with Crippen molar-refractivity contribution in [2.45, 2.75) is 26.2 Å². The van der Waals surface area contributed by atoms with Crippen LogP contribution in [0.2, 0.25) is 0 Å². The van der Waals surface area contributed by atoms with Crippen molar-refractivity contribution >= 4 is 51.5 Å². The van der Waals surface area contributed by atoms with Gasteiger partial charge in [0.05, 0.1) is 21.9 Å². The van der Waals surface area contributed by atoms with Gasteiger partial charge < -0.3 is 5.32 Å². The second-order valence-corrected chi connectivity index (χ2v) is 6.92. The van der Waals surface area contributed by atoms with Crippen LogP contribution in [-0.4, -0.2) is 38.3 Å². The Bertz CT molecular complexity index is 677. The van der Waals surface area contributed by atoms with Crippen molar-refractivity contribution in [1.29, 1.82) is 0 Å². The lowest BCUT2D eigenvalue weighted by Crippen LogP contribution is -2.29. The number of rotatable bonds is 7. The molecule has 0 aromatic heterocycles. The van der Waals surface area contributed by atoms with Crippen molar-refractivity contribution < 1.29 is 14.5 Å². The van der Waals surface area contributed by atoms with Crippen LogP contribution in [0.3, 0.4) is 0 Å². The number of hydrogen-bond acceptors (Lipinski definition) is 6. The van der Waals surface area contributed by atoms with E-state index in [0.29, 0.717) is 40.7 Å². The molecule has 1 heterocycles. The second kappa shape index (κ2) is 8.20. The van der Waals surface area contributed by atoms with Crippen molar-refractivity contribution in [3.8, 4) is 0 Å². The SMILES string of the molecule is Cc1c(NC(=O)CCCCN2C(=O)CSC2=S)cccc1[N+](=O)[O-]. The van der Waals surface area contributed by atoms with Gasteiger partial charge in [0.15, 0.2) is 0 Å². The summed E-state index contributed by atoms with van der Waals surface area (Å²) in [6.07, 6.45) is 1.56. The van der Waals surface area contributed by atoms with Crippen molar-refractivity contribution in [2.24, 2.45) is 0 Å². The molecule has 0 radical (unpaired) electrons. The molecule has 0 bridgehead atoms. The molecule has 1 saturated heterocycles. The summed E-state index contributed by atoms with van der Waals surface area (Å²) < 4.78 is 0.594. The first-order chi connectivity index (χ1) is 11.4. The van der Waals surface area contributed by atoms with Gasteiger partial charge in [-0.15, -0.1) is 0 Å². The monoisotopic (exact) mass is 367 g/mol. The van der Waals surface area contributed by atoms with E-state index in [0.717, 1.165) is 0 Å². The van der Waals surface area contributed by atoms with Crippen molar-refractivity contribution in [2.75, 3.05) is 17.6 Å². The Hall–Kier alpha value is -2.00. The highest BCUT2D eigenvalue weighted by atomic mass is 32.2. The maximum Gasteiger partial charge on any atom is 0.274 e. The Kier molecular flexibility index (Phi) is 6.27. The van der Waals surface area contributed by atoms with Crippen LogP contribution in [0.5, 0.6) is 0 Å². The fraction of sp³-hybridized carbons (Fsp3) is 0.400. The third-order valence-electron chi connectivity index (χ3n) is 3.65. The summed E-state index contributed by atoms with van der Waals surface area (Å²) in [7, 11) is 0. The lowest BCUT2D eigenvalue weighted by Gasteiger charge is -2.14. The number of hydrogen-bond donors (Lipinski definition) is 1. The number of anilines is 1. The number of carbonyl (C=O) groups excluding carboxylic acids is 2. The van der Waals surface area contributed by atoms with E-state index in [4.69, 9.17) is 12.2 Å². The first kappa shape index (κ1) is 18.3. The van der Waals surface area contributed by atoms with E-state index in [-0.39, 0.29) is 23.9 Å². The van der Waals surface area contributed by atoms with E-state index in [1.807, 2.05) is 0 Å². The molecule has 0 aliphatic carbocycles. The number of nitro benzene ring substituents is 1. The van der Waals surface area contributed by atoms with Crippen LogP contribution in [0.15, 0.2) is 18.2 Å². The molecule has 1 N–H and O–H groups in total. The second-order valence-electron chi connectivity index (χ2n) is 5.31. The fourth-order valence-electron chi connectivity index (χ4n) is 2.32.